The Kier molecular flexibility index (Phi) is 5.01. The Hall–Kier alpha value is -1.39. The van der Waals surface area contributed by atoms with Crippen LogP contribution in [0.5, 0.6) is 0 Å². The Morgan fingerprint density at radius 3 is 2.52 bits per heavy atom. The minimum absolute atomic E-state index is 0.256. The third-order valence-corrected chi connectivity index (χ3v) is 4.28. The van der Waals surface area contributed by atoms with E-state index < -0.39 is 0 Å². The van der Waals surface area contributed by atoms with Crippen LogP contribution >= 0.6 is 0 Å². The number of fused-ring (bicyclic) bond motifs is 1. The summed E-state index contributed by atoms with van der Waals surface area (Å²) in [6.45, 7) is 7.17. The summed E-state index contributed by atoms with van der Waals surface area (Å²) in [7, 11) is 4.23. The lowest BCUT2D eigenvalue weighted by Gasteiger charge is -2.25. The molecular weight excluding hydrogens is 260 g/mol. The van der Waals surface area contributed by atoms with Crippen molar-refractivity contribution in [3.63, 3.8) is 0 Å². The number of aryl methyl sites for hydroxylation is 1. The van der Waals surface area contributed by atoms with Crippen LogP contribution in [-0.2, 0) is 6.42 Å². The van der Waals surface area contributed by atoms with E-state index in [1.165, 1.54) is 11.1 Å². The molecule has 0 aliphatic carbocycles. The molecule has 0 fully saturated rings. The lowest BCUT2D eigenvalue weighted by Crippen LogP contribution is -2.26. The van der Waals surface area contributed by atoms with Gasteiger partial charge in [-0.3, -0.25) is 4.90 Å². The molecule has 1 heterocycles. The monoisotopic (exact) mass is 288 g/mol. The highest BCUT2D eigenvalue weighted by Crippen LogP contribution is 2.29. The van der Waals surface area contributed by atoms with E-state index in [4.69, 9.17) is 10.7 Å². The van der Waals surface area contributed by atoms with Crippen molar-refractivity contribution in [1.82, 2.24) is 14.5 Å². The van der Waals surface area contributed by atoms with Gasteiger partial charge in [0.1, 0.15) is 5.82 Å². The quantitative estimate of drug-likeness (QED) is 0.888. The molecule has 2 unspecified atom stereocenters. The molecule has 21 heavy (non-hydrogen) atoms. The number of aromatic nitrogens is 2. The van der Waals surface area contributed by atoms with Crippen molar-refractivity contribution >= 4 is 11.0 Å². The third kappa shape index (κ3) is 2.97. The molecule has 0 saturated heterocycles. The maximum atomic E-state index is 5.93. The second-order valence-electron chi connectivity index (χ2n) is 5.99. The van der Waals surface area contributed by atoms with E-state index in [9.17, 15) is 0 Å². The van der Waals surface area contributed by atoms with Gasteiger partial charge < -0.3 is 10.3 Å². The predicted molar refractivity (Wildman–Crippen MR) is 89.6 cm³/mol. The molecule has 0 spiro atoms. The van der Waals surface area contributed by atoms with Crippen LogP contribution < -0.4 is 5.73 Å². The van der Waals surface area contributed by atoms with Crippen LogP contribution in [0, 0.1) is 0 Å². The van der Waals surface area contributed by atoms with Gasteiger partial charge in [-0.15, -0.1) is 0 Å². The standard InChI is InChI=1S/C17H28N4/c1-6-13-8-9-16-14(10-13)19-17(15(7-2)20(4)5)21(16)12(3)11-18/h8-10,12,15H,6-7,11,18H2,1-5H3. The molecule has 116 valence electrons. The van der Waals surface area contributed by atoms with Gasteiger partial charge in [0, 0.05) is 12.6 Å². The molecule has 0 aliphatic heterocycles. The first-order chi connectivity index (χ1) is 10.0. The van der Waals surface area contributed by atoms with Gasteiger partial charge in [0.15, 0.2) is 0 Å². The normalized spacial score (nSPS) is 14.8. The van der Waals surface area contributed by atoms with Gasteiger partial charge >= 0.3 is 0 Å². The molecule has 1 aromatic heterocycles. The van der Waals surface area contributed by atoms with Crippen molar-refractivity contribution in [2.45, 2.75) is 45.7 Å². The fraction of sp³-hybridized carbons (Fsp3) is 0.588. The summed E-state index contributed by atoms with van der Waals surface area (Å²) in [5, 5.41) is 0. The van der Waals surface area contributed by atoms with Gasteiger partial charge in [0.2, 0.25) is 0 Å². The highest BCUT2D eigenvalue weighted by molar-refractivity contribution is 5.77. The largest absolute Gasteiger partial charge is 0.328 e. The van der Waals surface area contributed by atoms with Crippen molar-refractivity contribution in [2.75, 3.05) is 20.6 Å². The Morgan fingerprint density at radius 1 is 1.29 bits per heavy atom. The molecule has 2 N–H and O–H groups in total. The van der Waals surface area contributed by atoms with Crippen molar-refractivity contribution in [1.29, 1.82) is 0 Å². The number of benzene rings is 1. The molecule has 0 amide bonds. The molecule has 0 saturated carbocycles. The summed E-state index contributed by atoms with van der Waals surface area (Å²) in [4.78, 5) is 7.19. The summed E-state index contributed by atoms with van der Waals surface area (Å²) in [6.07, 6.45) is 2.07. The number of hydrogen-bond donors (Lipinski definition) is 1. The molecule has 1 aromatic carbocycles. The SMILES string of the molecule is CCc1ccc2c(c1)nc(C(CC)N(C)C)n2C(C)CN. The molecule has 2 atom stereocenters. The summed E-state index contributed by atoms with van der Waals surface area (Å²) in [5.74, 6) is 1.13. The lowest BCUT2D eigenvalue weighted by atomic mass is 10.1. The molecule has 4 heteroatoms. The Bertz CT molecular complexity index is 600. The summed E-state index contributed by atoms with van der Waals surface area (Å²) in [6, 6.07) is 7.17. The minimum atomic E-state index is 0.256. The highest BCUT2D eigenvalue weighted by atomic mass is 15.2. The van der Waals surface area contributed by atoms with Gasteiger partial charge in [0.05, 0.1) is 17.1 Å². The molecule has 2 rings (SSSR count). The topological polar surface area (TPSA) is 47.1 Å². The maximum absolute atomic E-state index is 5.93. The maximum Gasteiger partial charge on any atom is 0.127 e. The summed E-state index contributed by atoms with van der Waals surface area (Å²) < 4.78 is 2.32. The van der Waals surface area contributed by atoms with Crippen LogP contribution in [0.1, 0.15) is 50.7 Å². The molecule has 0 aliphatic rings. The smallest absolute Gasteiger partial charge is 0.127 e. The van der Waals surface area contributed by atoms with E-state index in [2.05, 4.69) is 62.5 Å². The first-order valence-electron chi connectivity index (χ1n) is 7.90. The molecule has 2 aromatic rings. The van der Waals surface area contributed by atoms with E-state index in [-0.39, 0.29) is 6.04 Å². The van der Waals surface area contributed by atoms with Crippen molar-refractivity contribution < 1.29 is 0 Å². The predicted octanol–water partition coefficient (Wildman–Crippen LogP) is 3.13. The summed E-state index contributed by atoms with van der Waals surface area (Å²) >= 11 is 0. The third-order valence-electron chi connectivity index (χ3n) is 4.28. The van der Waals surface area contributed by atoms with Crippen LogP contribution in [0.25, 0.3) is 11.0 Å². The van der Waals surface area contributed by atoms with Crippen LogP contribution in [0.4, 0.5) is 0 Å². The Labute approximate surface area is 128 Å². The van der Waals surface area contributed by atoms with E-state index in [0.717, 1.165) is 24.2 Å². The minimum Gasteiger partial charge on any atom is -0.328 e. The van der Waals surface area contributed by atoms with Gasteiger partial charge in [-0.1, -0.05) is 19.9 Å². The Balaban J connectivity index is 2.67. The van der Waals surface area contributed by atoms with Gasteiger partial charge in [-0.2, -0.15) is 0 Å². The average molecular weight is 288 g/mol. The highest BCUT2D eigenvalue weighted by Gasteiger charge is 2.23. The van der Waals surface area contributed by atoms with E-state index >= 15 is 0 Å². The van der Waals surface area contributed by atoms with Gasteiger partial charge in [-0.25, -0.2) is 4.98 Å². The molecule has 0 bridgehead atoms. The average Bonchev–Trinajstić information content (AvgIpc) is 2.84. The first kappa shape index (κ1) is 16.0. The fourth-order valence-corrected chi connectivity index (χ4v) is 2.97. The molecule has 0 radical (unpaired) electrons. The van der Waals surface area contributed by atoms with Crippen LogP contribution in [0.15, 0.2) is 18.2 Å². The second-order valence-corrected chi connectivity index (χ2v) is 5.99. The number of rotatable bonds is 6. The first-order valence-corrected chi connectivity index (χ1v) is 7.90. The summed E-state index contributed by atoms with van der Waals surface area (Å²) in [5.41, 5.74) is 9.55. The van der Waals surface area contributed by atoms with Crippen molar-refractivity contribution in [2.24, 2.45) is 5.73 Å². The zero-order chi connectivity index (χ0) is 15.6. The Morgan fingerprint density at radius 2 is 2.00 bits per heavy atom. The second kappa shape index (κ2) is 6.58. The van der Waals surface area contributed by atoms with E-state index in [1.54, 1.807) is 0 Å². The van der Waals surface area contributed by atoms with Crippen LogP contribution in [0.2, 0.25) is 0 Å². The van der Waals surface area contributed by atoms with Gasteiger partial charge in [-0.05, 0) is 51.6 Å². The molecule has 4 nitrogen and oxygen atoms in total. The molecular formula is C17H28N4. The number of nitrogens with zero attached hydrogens (tertiary/aromatic N) is 3. The zero-order valence-corrected chi connectivity index (χ0v) is 13.9. The van der Waals surface area contributed by atoms with Crippen LogP contribution in [-0.4, -0.2) is 35.1 Å². The van der Waals surface area contributed by atoms with E-state index in [1.807, 2.05) is 0 Å². The van der Waals surface area contributed by atoms with Crippen LogP contribution in [0.3, 0.4) is 0 Å². The number of nitrogens with two attached hydrogens (primary N) is 1. The zero-order valence-electron chi connectivity index (χ0n) is 13.9. The van der Waals surface area contributed by atoms with E-state index in [0.29, 0.717) is 12.6 Å². The van der Waals surface area contributed by atoms with Gasteiger partial charge in [0.25, 0.3) is 0 Å². The number of imidazole rings is 1. The fourth-order valence-electron chi connectivity index (χ4n) is 2.97. The lowest BCUT2D eigenvalue weighted by molar-refractivity contribution is 0.270. The van der Waals surface area contributed by atoms with Crippen molar-refractivity contribution in [3.8, 4) is 0 Å². The van der Waals surface area contributed by atoms with Crippen molar-refractivity contribution in [3.05, 3.63) is 29.6 Å². The number of hydrogen-bond acceptors (Lipinski definition) is 3.